The number of carbonyl (C=O) groups excluding carboxylic acids is 1. The monoisotopic (exact) mass is 505 g/mol. The first-order valence-electron chi connectivity index (χ1n) is 12.3. The van der Waals surface area contributed by atoms with Crippen LogP contribution < -0.4 is 5.32 Å². The Morgan fingerprint density at radius 2 is 1.56 bits per heavy atom. The molecule has 2 fully saturated rings. The molecule has 0 aliphatic carbocycles. The van der Waals surface area contributed by atoms with Crippen LogP contribution >= 0.6 is 0 Å². The maximum Gasteiger partial charge on any atom is 0.243 e. The van der Waals surface area contributed by atoms with Crippen molar-refractivity contribution in [2.24, 2.45) is 0 Å². The van der Waals surface area contributed by atoms with Crippen molar-refractivity contribution in [3.63, 3.8) is 0 Å². The maximum atomic E-state index is 13.7. The second-order valence-corrected chi connectivity index (χ2v) is 11.6. The van der Waals surface area contributed by atoms with Crippen LogP contribution in [-0.4, -0.2) is 53.4 Å². The Morgan fingerprint density at radius 3 is 2.17 bits per heavy atom. The van der Waals surface area contributed by atoms with Gasteiger partial charge >= 0.3 is 0 Å². The van der Waals surface area contributed by atoms with E-state index in [9.17, 15) is 18.3 Å². The summed E-state index contributed by atoms with van der Waals surface area (Å²) in [5.74, 6) is 0.00729. The summed E-state index contributed by atoms with van der Waals surface area (Å²) in [5.41, 5.74) is 2.13. The minimum atomic E-state index is -3.76. The molecule has 2 N–H and O–H groups in total. The number of aromatic hydroxyl groups is 1. The highest BCUT2D eigenvalue weighted by molar-refractivity contribution is 7.89. The molecular formula is C28H31N3O4S. The number of carbonyl (C=O) groups is 1. The van der Waals surface area contributed by atoms with E-state index in [1.807, 2.05) is 65.6 Å². The van der Waals surface area contributed by atoms with Gasteiger partial charge in [0, 0.05) is 25.7 Å². The van der Waals surface area contributed by atoms with Crippen molar-refractivity contribution < 1.29 is 18.3 Å². The standard InChI is InChI=1S/C28H31N3O4S/c1-21-12-13-24(19-26(21)32)36(34,35)30-16-14-28(15-17-30)29-25(18-22-8-4-2-5-9-22)27(33)31(28)20-23-10-6-3-7-11-23/h2-13,19,25,29,32H,14-18,20H2,1H3. The number of rotatable bonds is 6. The van der Waals surface area contributed by atoms with E-state index < -0.39 is 15.7 Å². The topological polar surface area (TPSA) is 90.0 Å². The fraction of sp³-hybridized carbons (Fsp3) is 0.321. The van der Waals surface area contributed by atoms with E-state index >= 15 is 0 Å². The average Bonchev–Trinajstić information content (AvgIpc) is 3.12. The average molecular weight is 506 g/mol. The zero-order chi connectivity index (χ0) is 25.3. The smallest absolute Gasteiger partial charge is 0.243 e. The first-order valence-corrected chi connectivity index (χ1v) is 13.7. The summed E-state index contributed by atoms with van der Waals surface area (Å²) in [7, 11) is -3.76. The lowest BCUT2D eigenvalue weighted by atomic mass is 9.96. The predicted molar refractivity (Wildman–Crippen MR) is 138 cm³/mol. The van der Waals surface area contributed by atoms with Gasteiger partial charge < -0.3 is 10.0 Å². The molecule has 2 aliphatic rings. The van der Waals surface area contributed by atoms with Crippen LogP contribution in [0.4, 0.5) is 0 Å². The summed E-state index contributed by atoms with van der Waals surface area (Å²) in [6, 6.07) is 23.9. The molecule has 5 rings (SSSR count). The van der Waals surface area contributed by atoms with E-state index in [-0.39, 0.29) is 35.7 Å². The van der Waals surface area contributed by atoms with Crippen molar-refractivity contribution in [1.29, 1.82) is 0 Å². The van der Waals surface area contributed by atoms with Gasteiger partial charge in [-0.25, -0.2) is 8.42 Å². The fourth-order valence-electron chi connectivity index (χ4n) is 5.26. The third kappa shape index (κ3) is 4.64. The highest BCUT2D eigenvalue weighted by atomic mass is 32.2. The molecule has 2 aliphatic heterocycles. The number of nitrogens with one attached hydrogen (secondary N) is 1. The third-order valence-electron chi connectivity index (χ3n) is 7.36. The molecule has 0 bridgehead atoms. The molecule has 7 nitrogen and oxygen atoms in total. The summed E-state index contributed by atoms with van der Waals surface area (Å²) < 4.78 is 28.1. The number of phenolic OH excluding ortho intramolecular Hbond substituents is 1. The van der Waals surface area contributed by atoms with E-state index in [2.05, 4.69) is 5.32 Å². The van der Waals surface area contributed by atoms with Crippen molar-refractivity contribution in [3.05, 3.63) is 95.6 Å². The van der Waals surface area contributed by atoms with Crippen LogP contribution in [0.2, 0.25) is 0 Å². The number of amides is 1. The Kier molecular flexibility index (Phi) is 6.59. The van der Waals surface area contributed by atoms with Crippen molar-refractivity contribution in [1.82, 2.24) is 14.5 Å². The van der Waals surface area contributed by atoms with E-state index in [4.69, 9.17) is 0 Å². The van der Waals surface area contributed by atoms with Gasteiger partial charge in [-0.1, -0.05) is 66.7 Å². The van der Waals surface area contributed by atoms with Crippen molar-refractivity contribution in [2.45, 2.75) is 49.3 Å². The number of hydrogen-bond donors (Lipinski definition) is 2. The van der Waals surface area contributed by atoms with Gasteiger partial charge in [0.05, 0.1) is 16.6 Å². The lowest BCUT2D eigenvalue weighted by Gasteiger charge is -2.44. The number of hydrogen-bond acceptors (Lipinski definition) is 5. The van der Waals surface area contributed by atoms with Crippen LogP contribution in [0.3, 0.4) is 0 Å². The molecule has 1 amide bonds. The van der Waals surface area contributed by atoms with Gasteiger partial charge in [0.25, 0.3) is 0 Å². The van der Waals surface area contributed by atoms with Gasteiger partial charge in [-0.15, -0.1) is 0 Å². The Labute approximate surface area is 212 Å². The minimum absolute atomic E-state index is 0.0367. The fourth-order valence-corrected chi connectivity index (χ4v) is 6.72. The van der Waals surface area contributed by atoms with Crippen LogP contribution in [0.15, 0.2) is 83.8 Å². The van der Waals surface area contributed by atoms with Gasteiger partial charge in [-0.2, -0.15) is 4.31 Å². The molecule has 3 aromatic rings. The van der Waals surface area contributed by atoms with Gasteiger partial charge in [0.2, 0.25) is 15.9 Å². The molecule has 0 saturated carbocycles. The molecule has 3 aromatic carbocycles. The molecule has 1 unspecified atom stereocenters. The molecule has 0 radical (unpaired) electrons. The molecule has 2 saturated heterocycles. The van der Waals surface area contributed by atoms with Gasteiger partial charge in [-0.3, -0.25) is 10.1 Å². The first-order chi connectivity index (χ1) is 17.3. The zero-order valence-electron chi connectivity index (χ0n) is 20.3. The second-order valence-electron chi connectivity index (χ2n) is 9.68. The van der Waals surface area contributed by atoms with Crippen LogP contribution in [0, 0.1) is 6.92 Å². The third-order valence-corrected chi connectivity index (χ3v) is 9.25. The lowest BCUT2D eigenvalue weighted by molar-refractivity contribution is -0.134. The van der Waals surface area contributed by atoms with E-state index in [1.54, 1.807) is 13.0 Å². The molecule has 2 heterocycles. The maximum absolute atomic E-state index is 13.7. The van der Waals surface area contributed by atoms with Crippen LogP contribution in [0.5, 0.6) is 5.75 Å². The van der Waals surface area contributed by atoms with Crippen molar-refractivity contribution in [3.8, 4) is 5.75 Å². The highest BCUT2D eigenvalue weighted by Crippen LogP contribution is 2.36. The zero-order valence-corrected chi connectivity index (χ0v) is 21.1. The molecule has 1 spiro atoms. The van der Waals surface area contributed by atoms with E-state index in [1.165, 1.54) is 16.4 Å². The minimum Gasteiger partial charge on any atom is -0.508 e. The van der Waals surface area contributed by atoms with Crippen LogP contribution in [0.1, 0.15) is 29.5 Å². The van der Waals surface area contributed by atoms with E-state index in [0.29, 0.717) is 31.4 Å². The summed E-state index contributed by atoms with van der Waals surface area (Å²) in [4.78, 5) is 15.7. The number of aryl methyl sites for hydroxylation is 1. The van der Waals surface area contributed by atoms with Crippen molar-refractivity contribution >= 4 is 15.9 Å². The molecule has 1 atom stereocenters. The predicted octanol–water partition coefficient (Wildman–Crippen LogP) is 3.42. The molecule has 0 aromatic heterocycles. The van der Waals surface area contributed by atoms with Crippen LogP contribution in [0.25, 0.3) is 0 Å². The largest absolute Gasteiger partial charge is 0.508 e. The van der Waals surface area contributed by atoms with Gasteiger partial charge in [0.1, 0.15) is 5.75 Å². The first kappa shape index (κ1) is 24.5. The number of sulfonamides is 1. The summed E-state index contributed by atoms with van der Waals surface area (Å²) in [6.07, 6.45) is 1.54. The quantitative estimate of drug-likeness (QED) is 0.536. The second kappa shape index (κ2) is 9.69. The Bertz CT molecular complexity index is 1340. The Balaban J connectivity index is 1.39. The SMILES string of the molecule is Cc1ccc(S(=O)(=O)N2CCC3(CC2)NC(Cc2ccccc2)C(=O)N3Cc2ccccc2)cc1O. The highest BCUT2D eigenvalue weighted by Gasteiger charge is 2.52. The molecule has 188 valence electrons. The number of benzene rings is 3. The van der Waals surface area contributed by atoms with E-state index in [0.717, 1.165) is 11.1 Å². The summed E-state index contributed by atoms with van der Waals surface area (Å²) in [6.45, 7) is 2.75. The molecular weight excluding hydrogens is 474 g/mol. The summed E-state index contributed by atoms with van der Waals surface area (Å²) >= 11 is 0. The van der Waals surface area contributed by atoms with Crippen molar-refractivity contribution in [2.75, 3.05) is 13.1 Å². The molecule has 8 heteroatoms. The summed E-state index contributed by atoms with van der Waals surface area (Å²) in [5, 5.41) is 13.7. The number of nitrogens with zero attached hydrogens (tertiary/aromatic N) is 2. The molecule has 36 heavy (non-hydrogen) atoms. The normalized spacial score (nSPS) is 20.2. The van der Waals surface area contributed by atoms with Gasteiger partial charge in [0.15, 0.2) is 0 Å². The number of piperidine rings is 1. The Morgan fingerprint density at radius 1 is 0.944 bits per heavy atom. The van der Waals surface area contributed by atoms with Crippen LogP contribution in [-0.2, 0) is 27.8 Å². The Hall–Kier alpha value is -3.20. The number of phenols is 1. The lowest BCUT2D eigenvalue weighted by Crippen LogP contribution is -2.59. The van der Waals surface area contributed by atoms with Gasteiger partial charge in [-0.05, 0) is 48.9 Å².